The van der Waals surface area contributed by atoms with Crippen molar-refractivity contribution in [2.75, 3.05) is 0 Å². The van der Waals surface area contributed by atoms with Gasteiger partial charge in [-0.25, -0.2) is 4.39 Å². The van der Waals surface area contributed by atoms with Gasteiger partial charge in [0.25, 0.3) is 5.91 Å². The van der Waals surface area contributed by atoms with Crippen molar-refractivity contribution in [3.8, 4) is 0 Å². The van der Waals surface area contributed by atoms with Gasteiger partial charge in [0.2, 0.25) is 5.78 Å². The van der Waals surface area contributed by atoms with Gasteiger partial charge in [-0.3, -0.25) is 9.59 Å². The van der Waals surface area contributed by atoms with Crippen LogP contribution >= 0.6 is 0 Å². The Morgan fingerprint density at radius 3 is 2.30 bits per heavy atom. The Morgan fingerprint density at radius 1 is 1.25 bits per heavy atom. The van der Waals surface area contributed by atoms with E-state index in [-0.39, 0.29) is 12.0 Å². The minimum absolute atomic E-state index is 0.179. The molecular weight excluding hydrogens is 278 g/mol. The Morgan fingerprint density at radius 2 is 1.85 bits per heavy atom. The molecule has 20 heavy (non-hydrogen) atoms. The third-order valence-electron chi connectivity index (χ3n) is 3.50. The van der Waals surface area contributed by atoms with Crippen LogP contribution in [0.3, 0.4) is 0 Å². The fourth-order valence-corrected chi connectivity index (χ4v) is 2.25. The van der Waals surface area contributed by atoms with Crippen LogP contribution in [0.4, 0.5) is 17.6 Å². The summed E-state index contributed by atoms with van der Waals surface area (Å²) in [5, 5.41) is 0. The molecule has 0 radical (unpaired) electrons. The summed E-state index contributed by atoms with van der Waals surface area (Å²) >= 11 is 0. The maximum absolute atomic E-state index is 14.0. The highest BCUT2D eigenvalue weighted by atomic mass is 19.4. The molecule has 1 saturated carbocycles. The molecule has 2 rings (SSSR count). The average molecular weight is 289 g/mol. The van der Waals surface area contributed by atoms with Crippen molar-refractivity contribution in [3.05, 3.63) is 35.1 Å². The maximum Gasteiger partial charge on any atom is 0.419 e. The molecule has 1 aliphatic rings. The van der Waals surface area contributed by atoms with Crippen LogP contribution in [0.1, 0.15) is 30.4 Å². The molecular formula is C13H11F4NO2. The standard InChI is InChI=1S/C13H11F4NO2/c14-10-7(2-1-3-8(10)13(15,16)17)12(4-5-12)6-9(19)11(18)20/h1-3H,4-6H2,(H2,18,20). The number of Topliss-reactive ketones (excluding diaryl/α,β-unsaturated/α-hetero) is 1. The van der Waals surface area contributed by atoms with E-state index in [4.69, 9.17) is 5.73 Å². The molecule has 1 amide bonds. The van der Waals surface area contributed by atoms with Crippen LogP contribution in [0.25, 0.3) is 0 Å². The largest absolute Gasteiger partial charge is 0.419 e. The van der Waals surface area contributed by atoms with E-state index >= 15 is 0 Å². The fraction of sp³-hybridized carbons (Fsp3) is 0.385. The fourth-order valence-electron chi connectivity index (χ4n) is 2.25. The Kier molecular flexibility index (Phi) is 3.31. The van der Waals surface area contributed by atoms with Crippen molar-refractivity contribution in [3.63, 3.8) is 0 Å². The highest BCUT2D eigenvalue weighted by Crippen LogP contribution is 2.53. The van der Waals surface area contributed by atoms with Gasteiger partial charge in [-0.05, 0) is 24.5 Å². The number of benzene rings is 1. The second-order valence-electron chi connectivity index (χ2n) is 4.91. The van der Waals surface area contributed by atoms with Crippen molar-refractivity contribution in [1.29, 1.82) is 0 Å². The molecule has 1 aliphatic carbocycles. The van der Waals surface area contributed by atoms with Gasteiger partial charge in [-0.1, -0.05) is 12.1 Å². The van der Waals surface area contributed by atoms with E-state index in [0.717, 1.165) is 6.07 Å². The summed E-state index contributed by atoms with van der Waals surface area (Å²) in [5.74, 6) is -3.45. The molecule has 1 aromatic carbocycles. The molecule has 0 heterocycles. The zero-order chi connectivity index (χ0) is 15.1. The van der Waals surface area contributed by atoms with Gasteiger partial charge in [0, 0.05) is 11.8 Å². The summed E-state index contributed by atoms with van der Waals surface area (Å²) in [5.41, 5.74) is 2.25. The molecule has 0 aromatic heterocycles. The monoisotopic (exact) mass is 289 g/mol. The third kappa shape index (κ3) is 2.52. The lowest BCUT2D eigenvalue weighted by atomic mass is 9.88. The number of primary amides is 1. The van der Waals surface area contributed by atoms with Gasteiger partial charge in [-0.15, -0.1) is 0 Å². The molecule has 1 fully saturated rings. The minimum atomic E-state index is -4.80. The second kappa shape index (κ2) is 4.57. The SMILES string of the molecule is NC(=O)C(=O)CC1(c2cccc(C(F)(F)F)c2F)CC1. The zero-order valence-corrected chi connectivity index (χ0v) is 10.3. The average Bonchev–Trinajstić information content (AvgIpc) is 3.08. The smallest absolute Gasteiger partial charge is 0.363 e. The van der Waals surface area contributed by atoms with E-state index in [1.54, 1.807) is 0 Å². The lowest BCUT2D eigenvalue weighted by molar-refractivity contribution is -0.140. The summed E-state index contributed by atoms with van der Waals surface area (Å²) in [6.07, 6.45) is -4.46. The Balaban J connectivity index is 2.39. The molecule has 0 bridgehead atoms. The number of hydrogen-bond acceptors (Lipinski definition) is 2. The van der Waals surface area contributed by atoms with Crippen molar-refractivity contribution in [2.24, 2.45) is 5.73 Å². The Bertz CT molecular complexity index is 576. The first-order valence-corrected chi connectivity index (χ1v) is 5.86. The number of amides is 1. The molecule has 2 N–H and O–H groups in total. The first-order valence-electron chi connectivity index (χ1n) is 5.86. The number of carbonyl (C=O) groups is 2. The predicted molar refractivity (Wildman–Crippen MR) is 61.1 cm³/mol. The van der Waals surface area contributed by atoms with Crippen molar-refractivity contribution in [1.82, 2.24) is 0 Å². The highest BCUT2D eigenvalue weighted by molar-refractivity contribution is 6.35. The van der Waals surface area contributed by atoms with Crippen LogP contribution < -0.4 is 5.73 Å². The number of rotatable bonds is 4. The first-order chi connectivity index (χ1) is 9.17. The molecule has 0 aliphatic heterocycles. The second-order valence-corrected chi connectivity index (χ2v) is 4.91. The molecule has 7 heteroatoms. The summed E-state index contributed by atoms with van der Waals surface area (Å²) in [7, 11) is 0. The van der Waals surface area contributed by atoms with Gasteiger partial charge in [-0.2, -0.15) is 13.2 Å². The van der Waals surface area contributed by atoms with Gasteiger partial charge < -0.3 is 5.73 Å². The van der Waals surface area contributed by atoms with Crippen LogP contribution in [0.5, 0.6) is 0 Å². The third-order valence-corrected chi connectivity index (χ3v) is 3.50. The minimum Gasteiger partial charge on any atom is -0.363 e. The number of halogens is 4. The van der Waals surface area contributed by atoms with E-state index in [0.29, 0.717) is 18.9 Å². The molecule has 3 nitrogen and oxygen atoms in total. The highest BCUT2D eigenvalue weighted by Gasteiger charge is 2.49. The normalized spacial score (nSPS) is 16.8. The lowest BCUT2D eigenvalue weighted by Crippen LogP contribution is -2.28. The van der Waals surface area contributed by atoms with Crippen molar-refractivity contribution in [2.45, 2.75) is 30.9 Å². The number of carbonyl (C=O) groups excluding carboxylic acids is 2. The Hall–Kier alpha value is -1.92. The van der Waals surface area contributed by atoms with Gasteiger partial charge in [0.1, 0.15) is 5.82 Å². The maximum atomic E-state index is 14.0. The summed E-state index contributed by atoms with van der Waals surface area (Å²) in [6, 6.07) is 2.95. The van der Waals surface area contributed by atoms with E-state index in [1.165, 1.54) is 6.07 Å². The molecule has 108 valence electrons. The number of alkyl halides is 3. The van der Waals surface area contributed by atoms with E-state index < -0.39 is 34.7 Å². The van der Waals surface area contributed by atoms with Crippen LogP contribution in [-0.4, -0.2) is 11.7 Å². The molecule has 0 spiro atoms. The number of ketones is 1. The van der Waals surface area contributed by atoms with E-state index in [1.807, 2.05) is 0 Å². The van der Waals surface area contributed by atoms with Gasteiger partial charge in [0.15, 0.2) is 0 Å². The summed E-state index contributed by atoms with van der Waals surface area (Å²) in [4.78, 5) is 22.1. The van der Waals surface area contributed by atoms with Crippen molar-refractivity contribution < 1.29 is 27.2 Å². The predicted octanol–water partition coefficient (Wildman–Crippen LogP) is 2.32. The number of nitrogens with two attached hydrogens (primary N) is 1. The summed E-state index contributed by atoms with van der Waals surface area (Å²) < 4.78 is 51.9. The van der Waals surface area contributed by atoms with Gasteiger partial charge in [0.05, 0.1) is 5.56 Å². The Labute approximate surface area is 111 Å². The van der Waals surface area contributed by atoms with Crippen LogP contribution in [-0.2, 0) is 21.2 Å². The molecule has 0 unspecified atom stereocenters. The molecule has 0 atom stereocenters. The summed E-state index contributed by atoms with van der Waals surface area (Å²) in [6.45, 7) is 0. The van der Waals surface area contributed by atoms with Crippen molar-refractivity contribution >= 4 is 11.7 Å². The van der Waals surface area contributed by atoms with E-state index in [9.17, 15) is 27.2 Å². The number of hydrogen-bond donors (Lipinski definition) is 1. The zero-order valence-electron chi connectivity index (χ0n) is 10.3. The van der Waals surface area contributed by atoms with Crippen LogP contribution in [0.2, 0.25) is 0 Å². The first kappa shape index (κ1) is 14.5. The van der Waals surface area contributed by atoms with Gasteiger partial charge >= 0.3 is 6.18 Å². The van der Waals surface area contributed by atoms with Crippen LogP contribution in [0.15, 0.2) is 18.2 Å². The topological polar surface area (TPSA) is 60.2 Å². The van der Waals surface area contributed by atoms with Crippen LogP contribution in [0, 0.1) is 5.82 Å². The molecule has 1 aromatic rings. The lowest BCUT2D eigenvalue weighted by Gasteiger charge is -2.17. The molecule has 0 saturated heterocycles. The van der Waals surface area contributed by atoms with E-state index in [2.05, 4.69) is 0 Å². The quantitative estimate of drug-likeness (QED) is 0.683.